The second kappa shape index (κ2) is 6.99. The first kappa shape index (κ1) is 15.2. The fourth-order valence-corrected chi connectivity index (χ4v) is 1.75. The minimum absolute atomic E-state index is 0.160. The minimum atomic E-state index is -1.19. The summed E-state index contributed by atoms with van der Waals surface area (Å²) in [7, 11) is 0. The van der Waals surface area contributed by atoms with Crippen LogP contribution < -0.4 is 0 Å². The summed E-state index contributed by atoms with van der Waals surface area (Å²) in [5, 5.41) is 27.1. The van der Waals surface area contributed by atoms with Gasteiger partial charge in [0.05, 0.1) is 0 Å². The lowest BCUT2D eigenvalue weighted by Gasteiger charge is -1.99. The number of aromatic carboxylic acids is 1. The second-order valence-corrected chi connectivity index (χ2v) is 4.33. The fourth-order valence-electron chi connectivity index (χ4n) is 1.75. The Bertz CT molecular complexity index is 829. The van der Waals surface area contributed by atoms with Crippen LogP contribution in [0.15, 0.2) is 42.5 Å². The molecule has 0 saturated heterocycles. The van der Waals surface area contributed by atoms with E-state index in [0.29, 0.717) is 5.56 Å². The van der Waals surface area contributed by atoms with Crippen molar-refractivity contribution in [1.29, 1.82) is 0 Å². The summed E-state index contributed by atoms with van der Waals surface area (Å²) in [6.07, 6.45) is 0. The molecule has 0 unspecified atom stereocenters. The van der Waals surface area contributed by atoms with E-state index < -0.39 is 5.97 Å². The highest BCUT2D eigenvalue weighted by molar-refractivity contribution is 5.90. The normalized spacial score (nSPS) is 9.14. The van der Waals surface area contributed by atoms with Crippen LogP contribution in [0.4, 0.5) is 0 Å². The van der Waals surface area contributed by atoms with Gasteiger partial charge in [0.1, 0.15) is 17.9 Å². The highest BCUT2D eigenvalue weighted by Crippen LogP contribution is 2.18. The van der Waals surface area contributed by atoms with E-state index in [1.165, 1.54) is 18.2 Å². The van der Waals surface area contributed by atoms with Gasteiger partial charge < -0.3 is 15.3 Å². The number of phenols is 1. The molecule has 22 heavy (non-hydrogen) atoms. The summed E-state index contributed by atoms with van der Waals surface area (Å²) in [5.41, 5.74) is 1.82. The van der Waals surface area contributed by atoms with Crippen LogP contribution in [0.2, 0.25) is 0 Å². The van der Waals surface area contributed by atoms with Crippen molar-refractivity contribution in [2.45, 2.75) is 0 Å². The average molecular weight is 292 g/mol. The molecule has 4 nitrogen and oxygen atoms in total. The van der Waals surface area contributed by atoms with Crippen molar-refractivity contribution in [3.05, 3.63) is 64.7 Å². The van der Waals surface area contributed by atoms with Crippen molar-refractivity contribution in [3.63, 3.8) is 0 Å². The van der Waals surface area contributed by atoms with Crippen molar-refractivity contribution in [1.82, 2.24) is 0 Å². The SMILES string of the molecule is O=C(O)c1ccc(C#Cc2cccc(C#CCO)c2)cc1O. The maximum atomic E-state index is 10.8. The van der Waals surface area contributed by atoms with E-state index in [0.717, 1.165) is 11.1 Å². The number of rotatable bonds is 1. The van der Waals surface area contributed by atoms with Crippen LogP contribution in [0.3, 0.4) is 0 Å². The maximum absolute atomic E-state index is 10.8. The maximum Gasteiger partial charge on any atom is 0.339 e. The van der Waals surface area contributed by atoms with E-state index >= 15 is 0 Å². The van der Waals surface area contributed by atoms with Crippen molar-refractivity contribution < 1.29 is 20.1 Å². The molecule has 0 bridgehead atoms. The van der Waals surface area contributed by atoms with Gasteiger partial charge in [-0.15, -0.1) is 0 Å². The lowest BCUT2D eigenvalue weighted by molar-refractivity contribution is 0.0693. The Morgan fingerprint density at radius 2 is 1.59 bits per heavy atom. The van der Waals surface area contributed by atoms with Crippen LogP contribution in [0.5, 0.6) is 5.75 Å². The number of aromatic hydroxyl groups is 1. The molecular formula is C18H12O4. The van der Waals surface area contributed by atoms with Gasteiger partial charge in [-0.2, -0.15) is 0 Å². The molecule has 0 aliphatic rings. The summed E-state index contributed by atoms with van der Waals surface area (Å²) in [6, 6.07) is 11.4. The van der Waals surface area contributed by atoms with Gasteiger partial charge in [0.25, 0.3) is 0 Å². The van der Waals surface area contributed by atoms with Crippen LogP contribution in [-0.4, -0.2) is 27.9 Å². The zero-order chi connectivity index (χ0) is 15.9. The molecule has 2 rings (SSSR count). The number of aliphatic hydroxyl groups excluding tert-OH is 1. The number of carboxylic acid groups (broad SMARTS) is 1. The Morgan fingerprint density at radius 1 is 0.955 bits per heavy atom. The molecule has 0 heterocycles. The number of hydrogen-bond donors (Lipinski definition) is 3. The predicted octanol–water partition coefficient (Wildman–Crippen LogP) is 1.83. The van der Waals surface area contributed by atoms with Crippen LogP contribution in [-0.2, 0) is 0 Å². The van der Waals surface area contributed by atoms with Crippen molar-refractivity contribution in [3.8, 4) is 29.4 Å². The molecule has 0 atom stereocenters. The molecule has 2 aromatic rings. The van der Waals surface area contributed by atoms with Gasteiger partial charge in [-0.3, -0.25) is 0 Å². The lowest BCUT2D eigenvalue weighted by atomic mass is 10.1. The van der Waals surface area contributed by atoms with E-state index in [1.807, 2.05) is 6.07 Å². The van der Waals surface area contributed by atoms with E-state index in [-0.39, 0.29) is 17.9 Å². The van der Waals surface area contributed by atoms with Gasteiger partial charge in [-0.1, -0.05) is 29.7 Å². The van der Waals surface area contributed by atoms with Crippen molar-refractivity contribution in [2.75, 3.05) is 6.61 Å². The first-order valence-electron chi connectivity index (χ1n) is 6.38. The Kier molecular flexibility index (Phi) is 4.82. The molecular weight excluding hydrogens is 280 g/mol. The average Bonchev–Trinajstić information content (AvgIpc) is 2.51. The topological polar surface area (TPSA) is 77.8 Å². The summed E-state index contributed by atoms with van der Waals surface area (Å²) in [5.74, 6) is 9.61. The Hall–Kier alpha value is -3.21. The quantitative estimate of drug-likeness (QED) is 0.701. The summed E-state index contributed by atoms with van der Waals surface area (Å²) in [6.45, 7) is -0.203. The molecule has 2 aromatic carbocycles. The third-order valence-electron chi connectivity index (χ3n) is 2.75. The van der Waals surface area contributed by atoms with Gasteiger partial charge in [-0.05, 0) is 36.4 Å². The summed E-state index contributed by atoms with van der Waals surface area (Å²) >= 11 is 0. The van der Waals surface area contributed by atoms with E-state index in [1.54, 1.807) is 18.2 Å². The van der Waals surface area contributed by atoms with Crippen LogP contribution >= 0.6 is 0 Å². The first-order chi connectivity index (χ1) is 10.6. The molecule has 0 spiro atoms. The molecule has 0 radical (unpaired) electrons. The Labute approximate surface area is 127 Å². The molecule has 0 saturated carbocycles. The standard InChI is InChI=1S/C18H12O4/c19-10-2-5-13-3-1-4-14(11-13)6-7-15-8-9-16(18(21)22)17(20)12-15/h1,3-4,8-9,11-12,19-20H,10H2,(H,21,22). The molecule has 3 N–H and O–H groups in total. The third-order valence-corrected chi connectivity index (χ3v) is 2.75. The number of carboxylic acids is 1. The highest BCUT2D eigenvalue weighted by Gasteiger charge is 2.08. The van der Waals surface area contributed by atoms with Gasteiger partial charge in [0, 0.05) is 16.7 Å². The van der Waals surface area contributed by atoms with E-state index in [9.17, 15) is 9.90 Å². The zero-order valence-electron chi connectivity index (χ0n) is 11.5. The zero-order valence-corrected chi connectivity index (χ0v) is 11.5. The molecule has 4 heteroatoms. The largest absolute Gasteiger partial charge is 0.507 e. The number of carbonyl (C=O) groups is 1. The highest BCUT2D eigenvalue weighted by atomic mass is 16.4. The van der Waals surface area contributed by atoms with Gasteiger partial charge >= 0.3 is 5.97 Å². The van der Waals surface area contributed by atoms with Crippen LogP contribution in [0.1, 0.15) is 27.0 Å². The molecule has 0 aliphatic heterocycles. The molecule has 0 aliphatic carbocycles. The fraction of sp³-hybridized carbons (Fsp3) is 0.0556. The molecule has 0 amide bonds. The summed E-state index contributed by atoms with van der Waals surface area (Å²) < 4.78 is 0. The van der Waals surface area contributed by atoms with Gasteiger partial charge in [0.2, 0.25) is 0 Å². The number of benzene rings is 2. The number of aliphatic hydroxyl groups is 1. The third kappa shape index (κ3) is 3.89. The second-order valence-electron chi connectivity index (χ2n) is 4.33. The van der Waals surface area contributed by atoms with E-state index in [2.05, 4.69) is 23.7 Å². The lowest BCUT2D eigenvalue weighted by Crippen LogP contribution is -1.96. The Morgan fingerprint density at radius 3 is 2.18 bits per heavy atom. The van der Waals surface area contributed by atoms with Crippen molar-refractivity contribution >= 4 is 5.97 Å². The summed E-state index contributed by atoms with van der Waals surface area (Å²) in [4.78, 5) is 10.8. The Balaban J connectivity index is 2.27. The van der Waals surface area contributed by atoms with Crippen molar-refractivity contribution in [2.24, 2.45) is 0 Å². The van der Waals surface area contributed by atoms with Gasteiger partial charge in [-0.25, -0.2) is 4.79 Å². The monoisotopic (exact) mass is 292 g/mol. The minimum Gasteiger partial charge on any atom is -0.507 e. The molecule has 0 aromatic heterocycles. The molecule has 108 valence electrons. The van der Waals surface area contributed by atoms with Crippen LogP contribution in [0.25, 0.3) is 0 Å². The first-order valence-corrected chi connectivity index (χ1v) is 6.38. The smallest absolute Gasteiger partial charge is 0.339 e. The number of hydrogen-bond acceptors (Lipinski definition) is 3. The van der Waals surface area contributed by atoms with E-state index in [4.69, 9.17) is 10.2 Å². The predicted molar refractivity (Wildman–Crippen MR) is 81.5 cm³/mol. The van der Waals surface area contributed by atoms with Crippen LogP contribution in [0, 0.1) is 23.7 Å². The molecule has 0 fully saturated rings. The van der Waals surface area contributed by atoms with Gasteiger partial charge in [0.15, 0.2) is 0 Å².